The summed E-state index contributed by atoms with van der Waals surface area (Å²) in [4.78, 5) is 2.36. The van der Waals surface area contributed by atoms with Crippen LogP contribution in [0.4, 0.5) is 17.1 Å². The number of benzene rings is 9. The number of rotatable bonds is 6. The van der Waals surface area contributed by atoms with E-state index in [0.29, 0.717) is 0 Å². The van der Waals surface area contributed by atoms with Crippen molar-refractivity contribution in [3.05, 3.63) is 218 Å². The Hall–Kier alpha value is -7.36. The fourth-order valence-corrected chi connectivity index (χ4v) is 7.84. The summed E-state index contributed by atoms with van der Waals surface area (Å²) in [5.41, 5.74) is 12.6. The molecule has 3 heteroatoms. The maximum Gasteiger partial charge on any atom is 0.130 e. The van der Waals surface area contributed by atoms with Gasteiger partial charge in [0.25, 0.3) is 0 Å². The Labute approximate surface area is 319 Å². The van der Waals surface area contributed by atoms with Crippen molar-refractivity contribution in [3.8, 4) is 27.9 Å². The van der Waals surface area contributed by atoms with Crippen LogP contribution in [-0.2, 0) is 0 Å². The molecule has 55 heavy (non-hydrogen) atoms. The Morgan fingerprint density at radius 1 is 0.345 bits per heavy atom. The van der Waals surface area contributed by atoms with Crippen molar-refractivity contribution in [2.24, 2.45) is 0 Å². The molecular weight excluding hydrogens is 669 g/mol. The van der Waals surface area contributed by atoms with E-state index in [0.717, 1.165) is 66.5 Å². The van der Waals surface area contributed by atoms with Gasteiger partial charge in [-0.1, -0.05) is 146 Å². The zero-order valence-electron chi connectivity index (χ0n) is 30.1. The second-order valence-corrected chi connectivity index (χ2v) is 13.8. The molecule has 0 N–H and O–H groups in total. The highest BCUT2D eigenvalue weighted by Gasteiger charge is 2.18. The summed E-state index contributed by atoms with van der Waals surface area (Å²) in [7, 11) is 0. The zero-order chi connectivity index (χ0) is 36.6. The maximum atomic E-state index is 6.86. The number of para-hydroxylation sites is 2. The van der Waals surface area contributed by atoms with E-state index in [9.17, 15) is 0 Å². The molecule has 4 bridgehead atoms. The Bertz CT molecular complexity index is 2920. The van der Waals surface area contributed by atoms with Gasteiger partial charge in [-0.25, -0.2) is 0 Å². The molecule has 0 saturated heterocycles. The first-order valence-corrected chi connectivity index (χ1v) is 18.7. The molecule has 3 nitrogen and oxygen atoms in total. The molecule has 1 heterocycles. The van der Waals surface area contributed by atoms with E-state index in [-0.39, 0.29) is 0 Å². The van der Waals surface area contributed by atoms with Crippen LogP contribution in [0.5, 0.6) is 0 Å². The van der Waals surface area contributed by atoms with Crippen LogP contribution < -0.4 is 4.90 Å². The van der Waals surface area contributed by atoms with Gasteiger partial charge < -0.3 is 13.9 Å². The zero-order valence-corrected chi connectivity index (χ0v) is 30.1. The third-order valence-electron chi connectivity index (χ3n) is 10.4. The Morgan fingerprint density at radius 2 is 0.873 bits per heavy atom. The highest BCUT2D eigenvalue weighted by molar-refractivity contribution is 6.16. The molecule has 10 rings (SSSR count). The summed E-state index contributed by atoms with van der Waals surface area (Å²) < 4.78 is 9.18. The van der Waals surface area contributed by atoms with Crippen LogP contribution in [0.1, 0.15) is 0 Å². The number of nitrogens with zero attached hydrogens (tertiary/aromatic N) is 2. The van der Waals surface area contributed by atoms with Crippen molar-refractivity contribution in [2.45, 2.75) is 0 Å². The number of aromatic nitrogens is 1. The Kier molecular flexibility index (Phi) is 8.16. The van der Waals surface area contributed by atoms with E-state index in [4.69, 9.17) is 4.42 Å². The average Bonchev–Trinajstić information content (AvgIpc) is 3.26. The average molecular weight is 705 g/mol. The quantitative estimate of drug-likeness (QED) is 0.172. The second-order valence-electron chi connectivity index (χ2n) is 13.8. The van der Waals surface area contributed by atoms with Crippen LogP contribution >= 0.6 is 0 Å². The van der Waals surface area contributed by atoms with Gasteiger partial charge in [-0.05, 0) is 93.7 Å². The van der Waals surface area contributed by atoms with Gasteiger partial charge in [0.2, 0.25) is 0 Å². The van der Waals surface area contributed by atoms with Gasteiger partial charge in [0.15, 0.2) is 0 Å². The molecule has 0 atom stereocenters. The summed E-state index contributed by atoms with van der Waals surface area (Å²) in [5.74, 6) is 0. The van der Waals surface area contributed by atoms with Crippen molar-refractivity contribution >= 4 is 60.8 Å². The third kappa shape index (κ3) is 6.08. The SMILES string of the molecule is c1ccc(-c2ccc(N(c3ccc(-c4ccccc4)cc3)c3cc4cc5c3cccc5c3ccccc3n(-c3ccccc3)c3cccc(c3)o4)cc2)cc1. The summed E-state index contributed by atoms with van der Waals surface area (Å²) in [6, 6.07) is 77.5. The second kappa shape index (κ2) is 13.9. The molecule has 10 aromatic rings. The van der Waals surface area contributed by atoms with Crippen LogP contribution in [0.15, 0.2) is 223 Å². The normalized spacial score (nSPS) is 11.3. The van der Waals surface area contributed by atoms with Crippen LogP contribution in [0.25, 0.3) is 71.7 Å². The molecule has 0 saturated carbocycles. The van der Waals surface area contributed by atoms with Gasteiger partial charge in [0, 0.05) is 45.5 Å². The predicted molar refractivity (Wildman–Crippen MR) is 231 cm³/mol. The number of hydrogen-bond donors (Lipinski definition) is 0. The minimum atomic E-state index is 0.768. The van der Waals surface area contributed by atoms with E-state index in [2.05, 4.69) is 222 Å². The van der Waals surface area contributed by atoms with Crippen molar-refractivity contribution in [1.29, 1.82) is 0 Å². The largest absolute Gasteiger partial charge is 0.457 e. The smallest absolute Gasteiger partial charge is 0.130 e. The molecule has 0 aliphatic heterocycles. The predicted octanol–water partition coefficient (Wildman–Crippen LogP) is 14.6. The first-order chi connectivity index (χ1) is 27.3. The summed E-state index contributed by atoms with van der Waals surface area (Å²) in [5, 5.41) is 4.50. The fourth-order valence-electron chi connectivity index (χ4n) is 7.84. The third-order valence-corrected chi connectivity index (χ3v) is 10.4. The van der Waals surface area contributed by atoms with Crippen LogP contribution in [0.2, 0.25) is 0 Å². The first-order valence-electron chi connectivity index (χ1n) is 18.7. The first kappa shape index (κ1) is 32.3. The molecule has 9 aromatic carbocycles. The van der Waals surface area contributed by atoms with Crippen molar-refractivity contribution in [2.75, 3.05) is 4.90 Å². The van der Waals surface area contributed by atoms with Gasteiger partial charge >= 0.3 is 0 Å². The molecule has 0 radical (unpaired) electrons. The van der Waals surface area contributed by atoms with E-state index >= 15 is 0 Å². The Morgan fingerprint density at radius 3 is 1.53 bits per heavy atom. The summed E-state index contributed by atoms with van der Waals surface area (Å²) >= 11 is 0. The van der Waals surface area contributed by atoms with Crippen LogP contribution in [0, 0.1) is 0 Å². The highest BCUT2D eigenvalue weighted by Crippen LogP contribution is 2.43. The van der Waals surface area contributed by atoms with E-state index in [1.165, 1.54) is 22.3 Å². The van der Waals surface area contributed by atoms with Crippen LogP contribution in [0.3, 0.4) is 0 Å². The summed E-state index contributed by atoms with van der Waals surface area (Å²) in [6.07, 6.45) is 0. The lowest BCUT2D eigenvalue weighted by Gasteiger charge is -2.27. The van der Waals surface area contributed by atoms with Crippen molar-refractivity contribution in [3.63, 3.8) is 0 Å². The monoisotopic (exact) mass is 704 g/mol. The Balaban J connectivity index is 1.28. The lowest BCUT2D eigenvalue weighted by atomic mass is 9.99. The van der Waals surface area contributed by atoms with Gasteiger partial charge in [0.05, 0.1) is 11.2 Å². The van der Waals surface area contributed by atoms with Gasteiger partial charge in [-0.2, -0.15) is 0 Å². The standard InChI is InChI=1S/C52H36N2O/c1-4-14-37(15-5-1)39-26-30-42(31-27-39)53(43-32-28-40(29-33-43)38-16-6-2-7-17-38)52-36-46-35-50-47(23-13-24-49(50)52)48-22-10-11-25-51(48)54(41-18-8-3-9-19-41)44-20-12-21-45(34-44)55-46/h1-36H. The van der Waals surface area contributed by atoms with E-state index in [1.807, 2.05) is 6.07 Å². The molecule has 0 unspecified atom stereocenters. The van der Waals surface area contributed by atoms with E-state index in [1.54, 1.807) is 0 Å². The molecule has 0 fully saturated rings. The highest BCUT2D eigenvalue weighted by atomic mass is 16.3. The van der Waals surface area contributed by atoms with Gasteiger partial charge in [0.1, 0.15) is 11.2 Å². The van der Waals surface area contributed by atoms with Crippen molar-refractivity contribution in [1.82, 2.24) is 4.57 Å². The minimum absolute atomic E-state index is 0.768. The maximum absolute atomic E-state index is 6.86. The van der Waals surface area contributed by atoms with Crippen LogP contribution in [-0.4, -0.2) is 4.57 Å². The number of hydrogen-bond acceptors (Lipinski definition) is 2. The molecule has 1 aromatic heterocycles. The van der Waals surface area contributed by atoms with Gasteiger partial charge in [-0.15, -0.1) is 0 Å². The van der Waals surface area contributed by atoms with E-state index < -0.39 is 0 Å². The van der Waals surface area contributed by atoms with Crippen molar-refractivity contribution < 1.29 is 4.42 Å². The molecule has 260 valence electrons. The lowest BCUT2D eigenvalue weighted by Crippen LogP contribution is -2.10. The van der Waals surface area contributed by atoms with Gasteiger partial charge in [-0.3, -0.25) is 0 Å². The number of anilines is 3. The molecule has 0 aliphatic carbocycles. The molecule has 0 spiro atoms. The topological polar surface area (TPSA) is 21.3 Å². The molecular formula is C52H36N2O. The molecule has 0 amide bonds. The molecule has 0 aliphatic rings. The minimum Gasteiger partial charge on any atom is -0.457 e. The lowest BCUT2D eigenvalue weighted by molar-refractivity contribution is 0.656. The summed E-state index contributed by atoms with van der Waals surface area (Å²) in [6.45, 7) is 0. The number of fused-ring (bicyclic) bond motifs is 5. The fraction of sp³-hybridized carbons (Fsp3) is 0.